The molecule has 2 heterocycles. The van der Waals surface area contributed by atoms with Crippen LogP contribution in [0, 0.1) is 12.3 Å². The van der Waals surface area contributed by atoms with Gasteiger partial charge >= 0.3 is 0 Å². The van der Waals surface area contributed by atoms with Crippen LogP contribution in [0.15, 0.2) is 29.3 Å². The molecule has 0 saturated carbocycles. The lowest BCUT2D eigenvalue weighted by molar-refractivity contribution is -0.120. The maximum absolute atomic E-state index is 12.3. The Balaban J connectivity index is 2.09. The maximum Gasteiger partial charge on any atom is 0.255 e. The van der Waals surface area contributed by atoms with Crippen LogP contribution in [0.2, 0.25) is 0 Å². The first-order valence-electron chi connectivity index (χ1n) is 8.03. The molecule has 0 radical (unpaired) electrons. The van der Waals surface area contributed by atoms with E-state index in [0.29, 0.717) is 23.6 Å². The molecule has 128 valence electrons. The maximum atomic E-state index is 12.3. The molecule has 24 heavy (non-hydrogen) atoms. The van der Waals surface area contributed by atoms with E-state index in [4.69, 9.17) is 0 Å². The van der Waals surface area contributed by atoms with Gasteiger partial charge in [-0.3, -0.25) is 14.6 Å². The van der Waals surface area contributed by atoms with Crippen molar-refractivity contribution in [1.82, 2.24) is 20.3 Å². The van der Waals surface area contributed by atoms with E-state index >= 15 is 0 Å². The topological polar surface area (TPSA) is 87.7 Å². The third-order valence-electron chi connectivity index (χ3n) is 3.71. The van der Waals surface area contributed by atoms with Gasteiger partial charge in [-0.05, 0) is 30.9 Å². The van der Waals surface area contributed by atoms with Crippen LogP contribution in [0.1, 0.15) is 38.4 Å². The number of nitrogens with zero attached hydrogens (tertiary/aromatic N) is 2. The molecule has 0 aliphatic carbocycles. The zero-order valence-electron chi connectivity index (χ0n) is 14.6. The van der Waals surface area contributed by atoms with Crippen molar-refractivity contribution in [3.8, 4) is 11.4 Å². The average molecular weight is 328 g/mol. The van der Waals surface area contributed by atoms with Crippen molar-refractivity contribution in [1.29, 1.82) is 0 Å². The molecule has 0 aromatic carbocycles. The molecule has 0 unspecified atom stereocenters. The largest absolute Gasteiger partial charge is 0.356 e. The highest BCUT2D eigenvalue weighted by molar-refractivity contribution is 5.78. The summed E-state index contributed by atoms with van der Waals surface area (Å²) in [6, 6.07) is 3.55. The number of rotatable bonds is 5. The molecule has 0 spiro atoms. The third-order valence-corrected chi connectivity index (χ3v) is 3.71. The predicted octanol–water partition coefficient (Wildman–Crippen LogP) is 2.24. The Bertz CT molecular complexity index is 761. The molecule has 0 saturated heterocycles. The van der Waals surface area contributed by atoms with Crippen molar-refractivity contribution in [3.63, 3.8) is 0 Å². The molecule has 6 nitrogen and oxygen atoms in total. The van der Waals surface area contributed by atoms with E-state index in [0.717, 1.165) is 12.0 Å². The fourth-order valence-corrected chi connectivity index (χ4v) is 2.27. The van der Waals surface area contributed by atoms with Crippen LogP contribution in [0.25, 0.3) is 11.4 Å². The molecule has 6 heteroatoms. The summed E-state index contributed by atoms with van der Waals surface area (Å²) in [6.07, 6.45) is 4.20. The van der Waals surface area contributed by atoms with Gasteiger partial charge < -0.3 is 10.3 Å². The minimum absolute atomic E-state index is 0.0366. The Morgan fingerprint density at radius 3 is 2.50 bits per heavy atom. The molecular formula is C18H24N4O2. The lowest BCUT2D eigenvalue weighted by atomic mass is 9.92. The molecule has 2 aromatic heterocycles. The lowest BCUT2D eigenvalue weighted by Crippen LogP contribution is -2.31. The molecule has 2 aromatic rings. The minimum atomic E-state index is -0.278. The third kappa shape index (κ3) is 5.01. The number of hydrogen-bond acceptors (Lipinski definition) is 4. The summed E-state index contributed by atoms with van der Waals surface area (Å²) in [5.41, 5.74) is 1.64. The van der Waals surface area contributed by atoms with Crippen molar-refractivity contribution in [2.24, 2.45) is 5.41 Å². The SMILES string of the molecule is Cc1nc(-c2ccncc2)[nH]c(=O)c1CC(=O)NCCC(C)(C)C. The molecule has 0 bridgehead atoms. The van der Waals surface area contributed by atoms with Crippen molar-refractivity contribution >= 4 is 5.91 Å². The molecule has 0 fully saturated rings. The Morgan fingerprint density at radius 2 is 1.92 bits per heavy atom. The van der Waals surface area contributed by atoms with Gasteiger partial charge in [0.15, 0.2) is 0 Å². The van der Waals surface area contributed by atoms with Gasteiger partial charge in [-0.2, -0.15) is 0 Å². The molecule has 0 aliphatic heterocycles. The normalized spacial score (nSPS) is 11.3. The monoisotopic (exact) mass is 328 g/mol. The van der Waals surface area contributed by atoms with Gasteiger partial charge in [0, 0.05) is 35.8 Å². The summed E-state index contributed by atoms with van der Waals surface area (Å²) < 4.78 is 0. The summed E-state index contributed by atoms with van der Waals surface area (Å²) in [7, 11) is 0. The quantitative estimate of drug-likeness (QED) is 0.881. The second-order valence-electron chi connectivity index (χ2n) is 7.05. The van der Waals surface area contributed by atoms with Crippen LogP contribution >= 0.6 is 0 Å². The first kappa shape index (κ1) is 17.8. The number of aryl methyl sites for hydroxylation is 1. The molecule has 2 rings (SSSR count). The van der Waals surface area contributed by atoms with Crippen molar-refractivity contribution < 1.29 is 4.79 Å². The summed E-state index contributed by atoms with van der Waals surface area (Å²) in [5, 5.41) is 2.86. The van der Waals surface area contributed by atoms with E-state index in [-0.39, 0.29) is 23.3 Å². The Morgan fingerprint density at radius 1 is 1.25 bits per heavy atom. The van der Waals surface area contributed by atoms with Gasteiger partial charge in [0.2, 0.25) is 5.91 Å². The molecular weight excluding hydrogens is 304 g/mol. The Kier molecular flexibility index (Phi) is 5.49. The van der Waals surface area contributed by atoms with Crippen LogP contribution in [-0.4, -0.2) is 27.4 Å². The number of nitrogens with one attached hydrogen (secondary N) is 2. The van der Waals surface area contributed by atoms with Gasteiger partial charge in [-0.1, -0.05) is 20.8 Å². The van der Waals surface area contributed by atoms with Gasteiger partial charge in [0.1, 0.15) is 5.82 Å². The van der Waals surface area contributed by atoms with Crippen LogP contribution in [0.4, 0.5) is 0 Å². The number of aromatic amines is 1. The number of hydrogen-bond donors (Lipinski definition) is 2. The second kappa shape index (κ2) is 7.38. The van der Waals surface area contributed by atoms with Gasteiger partial charge in [-0.15, -0.1) is 0 Å². The van der Waals surface area contributed by atoms with E-state index in [1.807, 2.05) is 0 Å². The predicted molar refractivity (Wildman–Crippen MR) is 93.6 cm³/mol. The average Bonchev–Trinajstić information content (AvgIpc) is 2.50. The van der Waals surface area contributed by atoms with Crippen LogP contribution in [0.5, 0.6) is 0 Å². The highest BCUT2D eigenvalue weighted by Crippen LogP contribution is 2.17. The summed E-state index contributed by atoms with van der Waals surface area (Å²) in [5.74, 6) is 0.322. The van der Waals surface area contributed by atoms with E-state index in [2.05, 4.69) is 41.0 Å². The number of carbonyl (C=O) groups excluding carboxylic acids is 1. The summed E-state index contributed by atoms with van der Waals surface area (Å²) in [4.78, 5) is 35.5. The summed E-state index contributed by atoms with van der Waals surface area (Å²) >= 11 is 0. The van der Waals surface area contributed by atoms with E-state index in [1.54, 1.807) is 31.5 Å². The minimum Gasteiger partial charge on any atom is -0.356 e. The van der Waals surface area contributed by atoms with Gasteiger partial charge in [-0.25, -0.2) is 4.98 Å². The highest BCUT2D eigenvalue weighted by Gasteiger charge is 2.15. The molecule has 0 atom stereocenters. The Hall–Kier alpha value is -2.50. The molecule has 2 N–H and O–H groups in total. The lowest BCUT2D eigenvalue weighted by Gasteiger charge is -2.18. The van der Waals surface area contributed by atoms with E-state index < -0.39 is 0 Å². The van der Waals surface area contributed by atoms with Crippen LogP contribution in [0.3, 0.4) is 0 Å². The summed E-state index contributed by atoms with van der Waals surface area (Å²) in [6.45, 7) is 8.71. The highest BCUT2D eigenvalue weighted by atomic mass is 16.2. The van der Waals surface area contributed by atoms with Crippen molar-refractivity contribution in [2.75, 3.05) is 6.54 Å². The van der Waals surface area contributed by atoms with Crippen molar-refractivity contribution in [3.05, 3.63) is 46.1 Å². The standard InChI is InChI=1S/C18H24N4O2/c1-12-14(11-15(23)20-10-7-18(2,3)4)17(24)22-16(21-12)13-5-8-19-9-6-13/h5-6,8-9H,7,10-11H2,1-4H3,(H,20,23)(H,21,22,24). The van der Waals surface area contributed by atoms with Crippen LogP contribution < -0.4 is 10.9 Å². The number of pyridine rings is 1. The smallest absolute Gasteiger partial charge is 0.255 e. The van der Waals surface area contributed by atoms with E-state index in [9.17, 15) is 9.59 Å². The van der Waals surface area contributed by atoms with Crippen molar-refractivity contribution in [2.45, 2.75) is 40.5 Å². The number of aromatic nitrogens is 3. The number of amides is 1. The zero-order valence-corrected chi connectivity index (χ0v) is 14.6. The Labute approximate surface area is 141 Å². The first-order chi connectivity index (χ1) is 11.3. The number of H-pyrrole nitrogens is 1. The second-order valence-corrected chi connectivity index (χ2v) is 7.05. The fraction of sp³-hybridized carbons (Fsp3) is 0.444. The fourth-order valence-electron chi connectivity index (χ4n) is 2.27. The van der Waals surface area contributed by atoms with Gasteiger partial charge in [0.05, 0.1) is 6.42 Å². The first-order valence-corrected chi connectivity index (χ1v) is 8.03. The van der Waals surface area contributed by atoms with Crippen LogP contribution in [-0.2, 0) is 11.2 Å². The molecule has 0 aliphatic rings. The van der Waals surface area contributed by atoms with Gasteiger partial charge in [0.25, 0.3) is 5.56 Å². The zero-order chi connectivity index (χ0) is 17.7. The molecule has 1 amide bonds. The van der Waals surface area contributed by atoms with E-state index in [1.165, 1.54) is 0 Å². The number of carbonyl (C=O) groups is 1.